The van der Waals surface area contributed by atoms with E-state index in [-0.39, 0.29) is 11.3 Å². The summed E-state index contributed by atoms with van der Waals surface area (Å²) in [6, 6.07) is 20.2. The van der Waals surface area contributed by atoms with E-state index in [1.807, 2.05) is 12.1 Å². The Kier molecular flexibility index (Phi) is 16.4. The molecule has 3 unspecified atom stereocenters. The summed E-state index contributed by atoms with van der Waals surface area (Å²) in [5, 5.41) is 39.9. The van der Waals surface area contributed by atoms with Gasteiger partial charge < -0.3 is 35.7 Å². The Morgan fingerprint density at radius 3 is 1.62 bits per heavy atom. The van der Waals surface area contributed by atoms with Gasteiger partial charge in [0.25, 0.3) is 11.2 Å². The Hall–Kier alpha value is -4.82. The van der Waals surface area contributed by atoms with Crippen LogP contribution < -0.4 is 0 Å². The number of carbonyl (C=O) groups is 5. The molecular formula is C42H53FN2O10. The molecule has 1 saturated heterocycles. The van der Waals surface area contributed by atoms with E-state index in [9.17, 15) is 48.8 Å². The van der Waals surface area contributed by atoms with Gasteiger partial charge in [-0.3, -0.25) is 14.4 Å². The van der Waals surface area contributed by atoms with Gasteiger partial charge in [-0.05, 0) is 69.2 Å². The molecule has 1 aliphatic carbocycles. The first-order chi connectivity index (χ1) is 25.7. The molecule has 1 heterocycles. The van der Waals surface area contributed by atoms with Crippen molar-refractivity contribution in [3.63, 3.8) is 0 Å². The zero-order valence-electron chi connectivity index (χ0n) is 31.4. The lowest BCUT2D eigenvalue weighted by atomic mass is 9.73. The van der Waals surface area contributed by atoms with E-state index in [4.69, 9.17) is 0 Å². The molecular weight excluding hydrogens is 711 g/mol. The molecule has 3 atom stereocenters. The maximum atomic E-state index is 13.1. The van der Waals surface area contributed by atoms with Crippen LogP contribution in [0.25, 0.3) is 0 Å². The molecule has 55 heavy (non-hydrogen) atoms. The summed E-state index contributed by atoms with van der Waals surface area (Å²) in [4.78, 5) is 66.0. The minimum absolute atomic E-state index is 0. The van der Waals surface area contributed by atoms with E-state index in [0.29, 0.717) is 23.8 Å². The van der Waals surface area contributed by atoms with Crippen LogP contribution in [0.5, 0.6) is 0 Å². The molecule has 0 bridgehead atoms. The summed E-state index contributed by atoms with van der Waals surface area (Å²) in [6.45, 7) is 8.50. The number of likely N-dealkylation sites (tertiary alicyclic amines) is 1. The Balaban J connectivity index is 0.000000291. The molecule has 3 aromatic rings. The first kappa shape index (κ1) is 44.6. The molecule has 0 spiro atoms. The number of carboxylic acids is 2. The van der Waals surface area contributed by atoms with Crippen LogP contribution in [0, 0.1) is 17.7 Å². The number of nitrogens with zero attached hydrogens (tertiary/aromatic N) is 2. The smallest absolute Gasteiger partial charge is 0.348 e. The highest BCUT2D eigenvalue weighted by Gasteiger charge is 2.69. The van der Waals surface area contributed by atoms with Crippen molar-refractivity contribution >= 4 is 29.4 Å². The van der Waals surface area contributed by atoms with Crippen LogP contribution in [0.4, 0.5) is 4.39 Å². The van der Waals surface area contributed by atoms with Crippen molar-refractivity contribution in [2.75, 3.05) is 26.2 Å². The lowest BCUT2D eigenvalue weighted by molar-refractivity contribution is -0.187. The Morgan fingerprint density at radius 1 is 0.745 bits per heavy atom. The number of piperidine rings is 1. The number of likely N-dealkylation sites (N-methyl/N-ethyl adjacent to an activating group) is 1. The minimum Gasteiger partial charge on any atom is -0.479 e. The van der Waals surface area contributed by atoms with E-state index in [0.717, 1.165) is 82.5 Å². The van der Waals surface area contributed by atoms with E-state index < -0.39 is 45.8 Å². The second kappa shape index (κ2) is 20.2. The van der Waals surface area contributed by atoms with Crippen LogP contribution in [-0.2, 0) is 20.8 Å². The fourth-order valence-corrected chi connectivity index (χ4v) is 7.42. The van der Waals surface area contributed by atoms with Crippen molar-refractivity contribution in [3.05, 3.63) is 107 Å². The average Bonchev–Trinajstić information content (AvgIpc) is 3.20. The van der Waals surface area contributed by atoms with E-state index >= 15 is 0 Å². The van der Waals surface area contributed by atoms with Crippen LogP contribution in [-0.4, -0.2) is 109 Å². The first-order valence-corrected chi connectivity index (χ1v) is 18.6. The van der Waals surface area contributed by atoms with Crippen molar-refractivity contribution in [1.82, 2.24) is 9.80 Å². The molecule has 2 aliphatic rings. The van der Waals surface area contributed by atoms with Gasteiger partial charge in [0, 0.05) is 42.7 Å². The summed E-state index contributed by atoms with van der Waals surface area (Å²) in [5.41, 5.74) is -7.49. The third kappa shape index (κ3) is 10.5. The number of amides is 1. The van der Waals surface area contributed by atoms with Gasteiger partial charge in [0.15, 0.2) is 0 Å². The molecule has 298 valence electrons. The molecule has 2 fully saturated rings. The zero-order chi connectivity index (χ0) is 39.5. The van der Waals surface area contributed by atoms with Gasteiger partial charge in [-0.15, -0.1) is 0 Å². The number of benzene rings is 3. The summed E-state index contributed by atoms with van der Waals surface area (Å²) < 4.78 is 13.1. The lowest BCUT2D eigenvalue weighted by Gasteiger charge is -2.38. The summed E-state index contributed by atoms with van der Waals surface area (Å²) in [6.07, 6.45) is 9.15. The molecule has 1 amide bonds. The number of aliphatic hydroxyl groups is 2. The first-order valence-electron chi connectivity index (χ1n) is 18.6. The number of hydrogen-bond acceptors (Lipinski definition) is 8. The van der Waals surface area contributed by atoms with E-state index in [1.54, 1.807) is 12.1 Å². The van der Waals surface area contributed by atoms with Gasteiger partial charge in [0.2, 0.25) is 17.5 Å². The molecule has 0 aromatic heterocycles. The van der Waals surface area contributed by atoms with Gasteiger partial charge in [-0.1, -0.05) is 99.0 Å². The monoisotopic (exact) mass is 764 g/mol. The van der Waals surface area contributed by atoms with E-state index in [2.05, 4.69) is 23.6 Å². The second-order valence-electron chi connectivity index (χ2n) is 14.3. The number of carboxylic acid groups (broad SMARTS) is 2. The topological polar surface area (TPSA) is 204 Å². The predicted molar refractivity (Wildman–Crippen MR) is 203 cm³/mol. The number of Topliss-reactive ketones (excluding diaryl/α,β-unsaturated/α-hetero) is 2. The highest BCUT2D eigenvalue weighted by Crippen LogP contribution is 2.32. The molecule has 1 aliphatic heterocycles. The maximum absolute atomic E-state index is 13.1. The van der Waals surface area contributed by atoms with Gasteiger partial charge in [-0.25, -0.2) is 14.0 Å². The molecule has 3 aromatic carbocycles. The quantitative estimate of drug-likeness (QED) is 0.134. The average molecular weight is 765 g/mol. The van der Waals surface area contributed by atoms with Crippen LogP contribution in [0.2, 0.25) is 0 Å². The third-order valence-corrected chi connectivity index (χ3v) is 10.7. The summed E-state index contributed by atoms with van der Waals surface area (Å²) in [7, 11) is 0. The van der Waals surface area contributed by atoms with Crippen LogP contribution >= 0.6 is 0 Å². The molecule has 1 saturated carbocycles. The van der Waals surface area contributed by atoms with Crippen molar-refractivity contribution in [1.29, 1.82) is 0 Å². The standard InChI is InChI=1S/C24H37FN2O.C18H14O8.H2O/c1-3-26(19(2)17-20-9-11-23(25)12-10-20)18-21-13-15-27(16-14-21)24(28)22-7-5-4-6-8-22;19-13(11-7-3-1-4-8-11)17(25,15(21)22)18(26,16(23)24)14(20)12-9-5-2-6-10-12;/h9-12,19,21-22H,3-8,13-18H2,1-2H3;1-10,25-26H,(H,21,22)(H,23,24);1H2. The number of carbonyl (C=O) groups excluding carboxylic acids is 3. The third-order valence-electron chi connectivity index (χ3n) is 10.7. The number of aliphatic carboxylic acids is 2. The number of hydrogen-bond donors (Lipinski definition) is 4. The van der Waals surface area contributed by atoms with Gasteiger partial charge in [0.1, 0.15) is 5.82 Å². The maximum Gasteiger partial charge on any atom is 0.348 e. The fraction of sp³-hybridized carbons (Fsp3) is 0.452. The van der Waals surface area contributed by atoms with Crippen molar-refractivity contribution in [3.8, 4) is 0 Å². The fourth-order valence-electron chi connectivity index (χ4n) is 7.42. The predicted octanol–water partition coefficient (Wildman–Crippen LogP) is 4.46. The van der Waals surface area contributed by atoms with Crippen molar-refractivity contribution < 1.29 is 54.3 Å². The molecule has 6 N–H and O–H groups in total. The van der Waals surface area contributed by atoms with E-state index in [1.165, 1.54) is 61.2 Å². The second-order valence-corrected chi connectivity index (χ2v) is 14.3. The summed E-state index contributed by atoms with van der Waals surface area (Å²) >= 11 is 0. The van der Waals surface area contributed by atoms with Crippen molar-refractivity contribution in [2.24, 2.45) is 11.8 Å². The Bertz CT molecular complexity index is 1650. The molecule has 12 nitrogen and oxygen atoms in total. The largest absolute Gasteiger partial charge is 0.479 e. The molecule has 13 heteroatoms. The summed E-state index contributed by atoms with van der Waals surface area (Å²) in [5.74, 6) is -6.80. The Labute approximate surface area is 320 Å². The molecule has 5 rings (SSSR count). The molecule has 0 radical (unpaired) electrons. The van der Waals surface area contributed by atoms with Gasteiger partial charge in [-0.2, -0.15) is 0 Å². The van der Waals surface area contributed by atoms with Crippen LogP contribution in [0.3, 0.4) is 0 Å². The number of ketones is 2. The normalized spacial score (nSPS) is 17.7. The highest BCUT2D eigenvalue weighted by atomic mass is 19.1. The zero-order valence-corrected chi connectivity index (χ0v) is 31.4. The van der Waals surface area contributed by atoms with Gasteiger partial charge in [0.05, 0.1) is 0 Å². The minimum atomic E-state index is -3.95. The SMILES string of the molecule is CCN(CC1CCN(C(=O)C2CCCCC2)CC1)C(C)Cc1ccc(F)cc1.O.O=C(O)C(O)(C(=O)c1ccccc1)C(O)(C(=O)O)C(=O)c1ccccc1. The van der Waals surface area contributed by atoms with Crippen LogP contribution in [0.15, 0.2) is 84.9 Å². The lowest BCUT2D eigenvalue weighted by Crippen LogP contribution is -2.71. The van der Waals surface area contributed by atoms with Crippen LogP contribution in [0.1, 0.15) is 85.1 Å². The highest BCUT2D eigenvalue weighted by molar-refractivity contribution is 6.28. The Morgan fingerprint density at radius 2 is 1.20 bits per heavy atom. The number of halogens is 1. The number of rotatable bonds is 14. The van der Waals surface area contributed by atoms with Gasteiger partial charge >= 0.3 is 11.9 Å². The van der Waals surface area contributed by atoms with Crippen molar-refractivity contribution in [2.45, 2.75) is 82.5 Å².